The molecule has 0 radical (unpaired) electrons. The van der Waals surface area contributed by atoms with Crippen LogP contribution < -0.4 is 0 Å². The molecule has 0 saturated carbocycles. The minimum Gasteiger partial charge on any atom is -0.372 e. The molecule has 160 valence electrons. The van der Waals surface area contributed by atoms with Gasteiger partial charge in [0.25, 0.3) is 0 Å². The van der Waals surface area contributed by atoms with Crippen molar-refractivity contribution >= 4 is 33.0 Å². The van der Waals surface area contributed by atoms with Gasteiger partial charge in [-0.15, -0.1) is 0 Å². The highest BCUT2D eigenvalue weighted by Crippen LogP contribution is 2.26. The minimum absolute atomic E-state index is 0.0409. The van der Waals surface area contributed by atoms with Gasteiger partial charge >= 0.3 is 6.18 Å². The summed E-state index contributed by atoms with van der Waals surface area (Å²) in [7, 11) is -3.54. The molecule has 0 atom stereocenters. The molecule has 1 aromatic rings. The molecule has 0 amide bonds. The van der Waals surface area contributed by atoms with Crippen molar-refractivity contribution in [3.05, 3.63) is 28.2 Å². The molecule has 0 bridgehead atoms. The van der Waals surface area contributed by atoms with Gasteiger partial charge in [0, 0.05) is 50.9 Å². The van der Waals surface area contributed by atoms with Crippen LogP contribution >= 0.6 is 23.2 Å². The highest BCUT2D eigenvalue weighted by Gasteiger charge is 2.27. The van der Waals surface area contributed by atoms with Crippen LogP contribution in [0.4, 0.5) is 13.2 Å². The number of nitrogens with zero attached hydrogens (tertiary/aromatic N) is 2. The predicted molar refractivity (Wildman–Crippen MR) is 103 cm³/mol. The summed E-state index contributed by atoms with van der Waals surface area (Å²) in [6.45, 7) is 2.75. The fraction of sp³-hybridized carbons (Fsp3) is 0.647. The first-order valence-corrected chi connectivity index (χ1v) is 11.2. The second kappa shape index (κ2) is 10.4. The molecule has 1 heterocycles. The maximum absolute atomic E-state index is 12.5. The Labute approximate surface area is 173 Å². The quantitative estimate of drug-likeness (QED) is 0.526. The molecule has 0 spiro atoms. The van der Waals surface area contributed by atoms with Gasteiger partial charge in [0.2, 0.25) is 0 Å². The van der Waals surface area contributed by atoms with Crippen LogP contribution in [-0.4, -0.2) is 82.6 Å². The zero-order chi connectivity index (χ0) is 20.8. The number of sulfone groups is 1. The Hall–Kier alpha value is -0.580. The third-order valence-corrected chi connectivity index (χ3v) is 6.80. The van der Waals surface area contributed by atoms with Crippen molar-refractivity contribution in [1.29, 1.82) is 0 Å². The zero-order valence-corrected chi connectivity index (χ0v) is 17.5. The lowest BCUT2D eigenvalue weighted by molar-refractivity contribution is -0.174. The number of piperazine rings is 1. The Morgan fingerprint density at radius 2 is 1.64 bits per heavy atom. The first kappa shape index (κ1) is 23.7. The predicted octanol–water partition coefficient (Wildman–Crippen LogP) is 3.35. The standard InChI is InChI=1S/C17H23Cl2F3N2O3S/c18-14-2-3-15(19)16(12-14)28(25,26)11-9-24-7-5-23(6-8-24)4-1-10-27-13-17(20,21)22/h2-3,12H,1,4-11,13H2. The maximum atomic E-state index is 12.5. The topological polar surface area (TPSA) is 49.9 Å². The number of benzene rings is 1. The van der Waals surface area contributed by atoms with Crippen molar-refractivity contribution < 1.29 is 26.3 Å². The van der Waals surface area contributed by atoms with Gasteiger partial charge in [-0.05, 0) is 24.6 Å². The van der Waals surface area contributed by atoms with Crippen LogP contribution in [0.2, 0.25) is 10.0 Å². The van der Waals surface area contributed by atoms with E-state index in [9.17, 15) is 21.6 Å². The number of halogens is 5. The molecule has 1 aliphatic rings. The molecule has 0 aliphatic carbocycles. The normalized spacial score (nSPS) is 17.2. The van der Waals surface area contributed by atoms with Gasteiger partial charge in [-0.2, -0.15) is 13.2 Å². The van der Waals surface area contributed by atoms with Gasteiger partial charge in [-0.1, -0.05) is 23.2 Å². The van der Waals surface area contributed by atoms with E-state index in [-0.39, 0.29) is 22.3 Å². The molecule has 11 heteroatoms. The van der Waals surface area contributed by atoms with Crippen molar-refractivity contribution in [2.75, 3.05) is 58.2 Å². The summed E-state index contributed by atoms with van der Waals surface area (Å²) in [4.78, 5) is 4.22. The first-order chi connectivity index (χ1) is 13.1. The molecule has 0 aromatic heterocycles. The van der Waals surface area contributed by atoms with Gasteiger partial charge in [0.1, 0.15) is 6.61 Å². The fourth-order valence-corrected chi connectivity index (χ4v) is 4.99. The second-order valence-electron chi connectivity index (χ2n) is 6.60. The van der Waals surface area contributed by atoms with Gasteiger partial charge < -0.3 is 9.64 Å². The molecular weight excluding hydrogens is 440 g/mol. The molecule has 1 saturated heterocycles. The van der Waals surface area contributed by atoms with Crippen LogP contribution in [0.5, 0.6) is 0 Å². The highest BCUT2D eigenvalue weighted by atomic mass is 35.5. The van der Waals surface area contributed by atoms with Crippen LogP contribution in [0, 0.1) is 0 Å². The van der Waals surface area contributed by atoms with Crippen LogP contribution in [0.1, 0.15) is 6.42 Å². The average molecular weight is 463 g/mol. The summed E-state index contributed by atoms with van der Waals surface area (Å²) in [5.74, 6) is -0.0572. The van der Waals surface area contributed by atoms with Crippen LogP contribution in [-0.2, 0) is 14.6 Å². The second-order valence-corrected chi connectivity index (χ2v) is 9.52. The number of ether oxygens (including phenoxy) is 1. The van der Waals surface area contributed by atoms with Gasteiger partial charge in [0.15, 0.2) is 9.84 Å². The molecule has 1 aromatic carbocycles. The lowest BCUT2D eigenvalue weighted by Crippen LogP contribution is -2.47. The van der Waals surface area contributed by atoms with Crippen LogP contribution in [0.15, 0.2) is 23.1 Å². The Balaban J connectivity index is 1.69. The number of hydrogen-bond acceptors (Lipinski definition) is 5. The number of hydrogen-bond donors (Lipinski definition) is 0. The third-order valence-electron chi connectivity index (χ3n) is 4.40. The zero-order valence-electron chi connectivity index (χ0n) is 15.2. The van der Waals surface area contributed by atoms with E-state index >= 15 is 0 Å². The minimum atomic E-state index is -4.29. The highest BCUT2D eigenvalue weighted by molar-refractivity contribution is 7.91. The third kappa shape index (κ3) is 8.04. The molecule has 5 nitrogen and oxygen atoms in total. The molecule has 28 heavy (non-hydrogen) atoms. The molecule has 1 fully saturated rings. The smallest absolute Gasteiger partial charge is 0.372 e. The van der Waals surface area contributed by atoms with E-state index in [0.717, 1.165) is 13.1 Å². The van der Waals surface area contributed by atoms with Crippen LogP contribution in [0.3, 0.4) is 0 Å². The number of alkyl halides is 3. The van der Waals surface area contributed by atoms with E-state index in [1.807, 2.05) is 4.90 Å². The largest absolute Gasteiger partial charge is 0.411 e. The van der Waals surface area contributed by atoms with E-state index in [0.29, 0.717) is 37.6 Å². The molecule has 2 rings (SSSR count). The van der Waals surface area contributed by atoms with Crippen molar-refractivity contribution in [1.82, 2.24) is 9.80 Å². The van der Waals surface area contributed by atoms with Crippen molar-refractivity contribution in [2.45, 2.75) is 17.5 Å². The average Bonchev–Trinajstić information content (AvgIpc) is 2.62. The molecule has 0 N–H and O–H groups in total. The molecular formula is C17H23Cl2F3N2O3S. The lowest BCUT2D eigenvalue weighted by Gasteiger charge is -2.34. The fourth-order valence-electron chi connectivity index (χ4n) is 2.89. The van der Waals surface area contributed by atoms with Gasteiger partial charge in [0.05, 0.1) is 15.7 Å². The monoisotopic (exact) mass is 462 g/mol. The summed E-state index contributed by atoms with van der Waals surface area (Å²) in [5, 5.41) is 0.470. The lowest BCUT2D eigenvalue weighted by atomic mass is 10.3. The summed E-state index contributed by atoms with van der Waals surface area (Å²) >= 11 is 11.9. The van der Waals surface area contributed by atoms with E-state index in [2.05, 4.69) is 9.64 Å². The van der Waals surface area contributed by atoms with E-state index < -0.39 is 22.6 Å². The number of rotatable bonds is 9. The SMILES string of the molecule is O=S(=O)(CCN1CCN(CCCOCC(F)(F)F)CC1)c1cc(Cl)ccc1Cl. The van der Waals surface area contributed by atoms with Crippen molar-refractivity contribution in [3.8, 4) is 0 Å². The van der Waals surface area contributed by atoms with Crippen molar-refractivity contribution in [3.63, 3.8) is 0 Å². The van der Waals surface area contributed by atoms with Gasteiger partial charge in [-0.25, -0.2) is 8.42 Å². The summed E-state index contributed by atoms with van der Waals surface area (Å²) in [5.41, 5.74) is 0. The maximum Gasteiger partial charge on any atom is 0.411 e. The Morgan fingerprint density at radius 1 is 1.04 bits per heavy atom. The molecule has 0 unspecified atom stereocenters. The van der Waals surface area contributed by atoms with Crippen LogP contribution in [0.25, 0.3) is 0 Å². The Bertz CT molecular complexity index is 740. The summed E-state index contributed by atoms with van der Waals surface area (Å²) in [6, 6.07) is 4.36. The van der Waals surface area contributed by atoms with E-state index in [4.69, 9.17) is 23.2 Å². The summed E-state index contributed by atoms with van der Waals surface area (Å²) < 4.78 is 65.6. The van der Waals surface area contributed by atoms with E-state index in [1.165, 1.54) is 18.2 Å². The first-order valence-electron chi connectivity index (χ1n) is 8.84. The van der Waals surface area contributed by atoms with Crippen molar-refractivity contribution in [2.24, 2.45) is 0 Å². The van der Waals surface area contributed by atoms with Gasteiger partial charge in [-0.3, -0.25) is 4.90 Å². The Morgan fingerprint density at radius 3 is 2.25 bits per heavy atom. The van der Waals surface area contributed by atoms with E-state index in [1.54, 1.807) is 0 Å². The summed E-state index contributed by atoms with van der Waals surface area (Å²) in [6.07, 6.45) is -3.76. The molecule has 1 aliphatic heterocycles. The Kier molecular flexibility index (Phi) is 8.84.